The molecule has 102 valence electrons. The van der Waals surface area contributed by atoms with Crippen molar-refractivity contribution in [2.75, 3.05) is 7.11 Å². The van der Waals surface area contributed by atoms with Crippen LogP contribution >= 0.6 is 0 Å². The molecule has 0 saturated heterocycles. The van der Waals surface area contributed by atoms with Crippen LogP contribution in [0.5, 0.6) is 0 Å². The number of carbonyl (C=O) groups is 1. The average Bonchev–Trinajstić information content (AvgIpc) is 2.63. The topological polar surface area (TPSA) is 51.5 Å². The van der Waals surface area contributed by atoms with Gasteiger partial charge in [0, 0.05) is 11.6 Å². The van der Waals surface area contributed by atoms with Crippen molar-refractivity contribution in [2.45, 2.75) is 46.7 Å². The monoisotopic (exact) mass is 253 g/mol. The second-order valence-corrected chi connectivity index (χ2v) is 5.00. The van der Waals surface area contributed by atoms with Gasteiger partial charge in [0.05, 0.1) is 7.11 Å². The normalized spacial score (nSPS) is 14.6. The van der Waals surface area contributed by atoms with Crippen LogP contribution < -0.4 is 5.32 Å². The van der Waals surface area contributed by atoms with Crippen LogP contribution in [0.1, 0.15) is 43.9 Å². The van der Waals surface area contributed by atoms with E-state index < -0.39 is 0 Å². The van der Waals surface area contributed by atoms with Crippen molar-refractivity contribution in [1.82, 2.24) is 5.32 Å². The first kappa shape index (κ1) is 14.8. The smallest absolute Gasteiger partial charge is 0.323 e. The Morgan fingerprint density at radius 3 is 2.33 bits per heavy atom. The highest BCUT2D eigenvalue weighted by atomic mass is 16.5. The van der Waals surface area contributed by atoms with Gasteiger partial charge in [0.1, 0.15) is 17.6 Å². The third-order valence-corrected chi connectivity index (χ3v) is 3.10. The summed E-state index contributed by atoms with van der Waals surface area (Å²) in [5.41, 5.74) is 1.09. The second kappa shape index (κ2) is 6.05. The third kappa shape index (κ3) is 3.35. The Morgan fingerprint density at radius 1 is 1.33 bits per heavy atom. The summed E-state index contributed by atoms with van der Waals surface area (Å²) in [6, 6.07) is 1.75. The van der Waals surface area contributed by atoms with E-state index in [1.54, 1.807) is 0 Å². The molecule has 2 unspecified atom stereocenters. The Balaban J connectivity index is 2.81. The van der Waals surface area contributed by atoms with Gasteiger partial charge in [0.15, 0.2) is 0 Å². The van der Waals surface area contributed by atoms with Crippen molar-refractivity contribution in [1.29, 1.82) is 0 Å². The van der Waals surface area contributed by atoms with Gasteiger partial charge >= 0.3 is 5.97 Å². The van der Waals surface area contributed by atoms with Gasteiger partial charge in [-0.1, -0.05) is 13.8 Å². The SMILES string of the molecule is COC(=O)C(NC(C)c1cc(C)oc1C)C(C)C. The molecular formula is C14H23NO3. The number of aryl methyl sites for hydroxylation is 2. The van der Waals surface area contributed by atoms with Crippen LogP contribution in [0.4, 0.5) is 0 Å². The van der Waals surface area contributed by atoms with E-state index in [-0.39, 0.29) is 24.0 Å². The highest BCUT2D eigenvalue weighted by molar-refractivity contribution is 5.76. The van der Waals surface area contributed by atoms with Gasteiger partial charge in [-0.25, -0.2) is 0 Å². The van der Waals surface area contributed by atoms with Crippen molar-refractivity contribution < 1.29 is 13.9 Å². The van der Waals surface area contributed by atoms with Crippen LogP contribution in [0, 0.1) is 19.8 Å². The Bertz CT molecular complexity index is 409. The van der Waals surface area contributed by atoms with E-state index in [0.717, 1.165) is 17.1 Å². The number of carbonyl (C=O) groups excluding carboxylic acids is 1. The highest BCUT2D eigenvalue weighted by Crippen LogP contribution is 2.22. The quantitative estimate of drug-likeness (QED) is 0.820. The van der Waals surface area contributed by atoms with Crippen LogP contribution in [0.3, 0.4) is 0 Å². The van der Waals surface area contributed by atoms with Crippen molar-refractivity contribution in [3.8, 4) is 0 Å². The van der Waals surface area contributed by atoms with E-state index in [9.17, 15) is 4.79 Å². The summed E-state index contributed by atoms with van der Waals surface area (Å²) in [6.45, 7) is 9.87. The molecule has 0 aliphatic heterocycles. The van der Waals surface area contributed by atoms with Crippen molar-refractivity contribution in [2.24, 2.45) is 5.92 Å². The average molecular weight is 253 g/mol. The van der Waals surface area contributed by atoms with Crippen molar-refractivity contribution >= 4 is 5.97 Å². The fourth-order valence-corrected chi connectivity index (χ4v) is 2.10. The molecule has 0 fully saturated rings. The molecule has 4 heteroatoms. The third-order valence-electron chi connectivity index (χ3n) is 3.10. The number of furan rings is 1. The lowest BCUT2D eigenvalue weighted by Crippen LogP contribution is -2.43. The van der Waals surface area contributed by atoms with E-state index in [4.69, 9.17) is 9.15 Å². The van der Waals surface area contributed by atoms with Gasteiger partial charge in [0.25, 0.3) is 0 Å². The fraction of sp³-hybridized carbons (Fsp3) is 0.643. The van der Waals surface area contributed by atoms with E-state index in [1.165, 1.54) is 7.11 Å². The standard InChI is InChI=1S/C14H23NO3/c1-8(2)13(14(16)17-6)15-10(4)12-7-9(3)18-11(12)5/h7-8,10,13,15H,1-6H3. The first-order valence-electron chi connectivity index (χ1n) is 6.27. The minimum atomic E-state index is -0.306. The Kier molecular flexibility index (Phi) is 4.96. The molecule has 1 N–H and O–H groups in total. The number of hydrogen-bond acceptors (Lipinski definition) is 4. The molecule has 0 aliphatic rings. The summed E-state index contributed by atoms with van der Waals surface area (Å²) in [4.78, 5) is 11.7. The van der Waals surface area contributed by atoms with Crippen molar-refractivity contribution in [3.05, 3.63) is 23.2 Å². The molecule has 1 rings (SSSR count). The number of ether oxygens (including phenoxy) is 1. The van der Waals surface area contributed by atoms with E-state index in [1.807, 2.05) is 40.7 Å². The lowest BCUT2D eigenvalue weighted by molar-refractivity contribution is -0.144. The summed E-state index contributed by atoms with van der Waals surface area (Å²) in [6.07, 6.45) is 0. The van der Waals surface area contributed by atoms with E-state index in [0.29, 0.717) is 0 Å². The van der Waals surface area contributed by atoms with Crippen LogP contribution in [-0.4, -0.2) is 19.1 Å². The van der Waals surface area contributed by atoms with Crippen molar-refractivity contribution in [3.63, 3.8) is 0 Å². The molecule has 2 atom stereocenters. The molecule has 1 aromatic heterocycles. The molecule has 1 aromatic rings. The zero-order valence-corrected chi connectivity index (χ0v) is 12.0. The molecule has 1 heterocycles. The molecule has 0 amide bonds. The van der Waals surface area contributed by atoms with Gasteiger partial charge < -0.3 is 9.15 Å². The summed E-state index contributed by atoms with van der Waals surface area (Å²) in [5.74, 6) is 1.72. The minimum absolute atomic E-state index is 0.0500. The summed E-state index contributed by atoms with van der Waals surface area (Å²) in [5, 5.41) is 3.30. The second-order valence-electron chi connectivity index (χ2n) is 5.00. The van der Waals surface area contributed by atoms with E-state index in [2.05, 4.69) is 5.32 Å². The molecule has 0 radical (unpaired) electrons. The van der Waals surface area contributed by atoms with Crippen LogP contribution in [0.15, 0.2) is 10.5 Å². The zero-order valence-electron chi connectivity index (χ0n) is 12.0. The predicted molar refractivity (Wildman–Crippen MR) is 70.4 cm³/mol. The first-order chi connectivity index (χ1) is 8.36. The largest absolute Gasteiger partial charge is 0.468 e. The Hall–Kier alpha value is -1.29. The van der Waals surface area contributed by atoms with Gasteiger partial charge in [-0.2, -0.15) is 0 Å². The highest BCUT2D eigenvalue weighted by Gasteiger charge is 2.26. The first-order valence-corrected chi connectivity index (χ1v) is 6.27. The maximum atomic E-state index is 11.7. The lowest BCUT2D eigenvalue weighted by atomic mass is 10.0. The van der Waals surface area contributed by atoms with Gasteiger partial charge in [0.2, 0.25) is 0 Å². The zero-order chi connectivity index (χ0) is 13.9. The summed E-state index contributed by atoms with van der Waals surface area (Å²) in [7, 11) is 1.41. The number of nitrogens with one attached hydrogen (secondary N) is 1. The van der Waals surface area contributed by atoms with Crippen LogP contribution in [-0.2, 0) is 9.53 Å². The van der Waals surface area contributed by atoms with E-state index >= 15 is 0 Å². The maximum Gasteiger partial charge on any atom is 0.323 e. The molecule has 0 aliphatic carbocycles. The maximum absolute atomic E-state index is 11.7. The molecule has 18 heavy (non-hydrogen) atoms. The predicted octanol–water partition coefficient (Wildman–Crippen LogP) is 2.74. The van der Waals surface area contributed by atoms with Gasteiger partial charge in [-0.15, -0.1) is 0 Å². The Morgan fingerprint density at radius 2 is 1.94 bits per heavy atom. The molecule has 0 spiro atoms. The van der Waals surface area contributed by atoms with Crippen LogP contribution in [0.2, 0.25) is 0 Å². The minimum Gasteiger partial charge on any atom is -0.468 e. The fourth-order valence-electron chi connectivity index (χ4n) is 2.10. The van der Waals surface area contributed by atoms with Gasteiger partial charge in [-0.3, -0.25) is 10.1 Å². The molecule has 0 bridgehead atoms. The molecule has 0 aromatic carbocycles. The number of hydrogen-bond donors (Lipinski definition) is 1. The number of methoxy groups -OCH3 is 1. The lowest BCUT2D eigenvalue weighted by Gasteiger charge is -2.24. The summed E-state index contributed by atoms with van der Waals surface area (Å²) >= 11 is 0. The van der Waals surface area contributed by atoms with Crippen LogP contribution in [0.25, 0.3) is 0 Å². The van der Waals surface area contributed by atoms with Gasteiger partial charge in [-0.05, 0) is 32.8 Å². The number of rotatable bonds is 5. The molecule has 4 nitrogen and oxygen atoms in total. The molecule has 0 saturated carbocycles. The summed E-state index contributed by atoms with van der Waals surface area (Å²) < 4.78 is 10.3. The molecular weight excluding hydrogens is 230 g/mol. The Labute approximate surface area is 109 Å². The number of esters is 1.